The number of hydrogen-bond donors (Lipinski definition) is 1. The van der Waals surface area contributed by atoms with Crippen molar-refractivity contribution in [2.24, 2.45) is 0 Å². The Kier molecular flexibility index (Phi) is 2.56. The Labute approximate surface area is 91.3 Å². The van der Waals surface area contributed by atoms with E-state index in [0.717, 1.165) is 0 Å². The molecular formula is C11H8ClNO2. The van der Waals surface area contributed by atoms with Gasteiger partial charge in [-0.1, -0.05) is 6.07 Å². The van der Waals surface area contributed by atoms with Crippen LogP contribution in [0.3, 0.4) is 0 Å². The summed E-state index contributed by atoms with van der Waals surface area (Å²) in [7, 11) is 0. The van der Waals surface area contributed by atoms with Gasteiger partial charge in [-0.3, -0.25) is 9.78 Å². The minimum Gasteiger partial charge on any atom is -0.506 e. The van der Waals surface area contributed by atoms with Gasteiger partial charge in [0.05, 0.1) is 5.88 Å². The number of carbonyl (C=O) groups excluding carboxylic acids is 1. The van der Waals surface area contributed by atoms with Crippen LogP contribution >= 0.6 is 11.6 Å². The predicted molar refractivity (Wildman–Crippen MR) is 58.5 cm³/mol. The summed E-state index contributed by atoms with van der Waals surface area (Å²) >= 11 is 5.49. The monoisotopic (exact) mass is 221 g/mol. The number of alkyl halides is 1. The molecule has 4 heteroatoms. The molecule has 0 aliphatic heterocycles. The van der Waals surface area contributed by atoms with Crippen LogP contribution in [-0.4, -0.2) is 21.8 Å². The van der Waals surface area contributed by atoms with Crippen LogP contribution in [0.2, 0.25) is 0 Å². The Bertz CT molecular complexity index is 525. The molecule has 76 valence electrons. The quantitative estimate of drug-likeness (QED) is 0.626. The first-order valence-corrected chi connectivity index (χ1v) is 4.93. The molecule has 0 saturated heterocycles. The van der Waals surface area contributed by atoms with E-state index in [1.807, 2.05) is 0 Å². The van der Waals surface area contributed by atoms with E-state index in [1.54, 1.807) is 24.4 Å². The summed E-state index contributed by atoms with van der Waals surface area (Å²) in [6.07, 6.45) is 1.57. The zero-order valence-corrected chi connectivity index (χ0v) is 8.53. The van der Waals surface area contributed by atoms with Crippen LogP contribution in [0.25, 0.3) is 10.9 Å². The lowest BCUT2D eigenvalue weighted by Crippen LogP contribution is -2.01. The van der Waals surface area contributed by atoms with Crippen molar-refractivity contribution in [2.45, 2.75) is 0 Å². The van der Waals surface area contributed by atoms with Crippen molar-refractivity contribution in [2.75, 3.05) is 5.88 Å². The molecule has 1 aromatic carbocycles. The molecule has 0 radical (unpaired) electrons. The number of carbonyl (C=O) groups is 1. The highest BCUT2D eigenvalue weighted by molar-refractivity contribution is 6.32. The Morgan fingerprint density at radius 2 is 2.20 bits per heavy atom. The van der Waals surface area contributed by atoms with Crippen LogP contribution < -0.4 is 0 Å². The number of phenolic OH excluding ortho intramolecular Hbond substituents is 1. The fraction of sp³-hybridized carbons (Fsp3) is 0.0909. The standard InChI is InChI=1S/C11H8ClNO2/c12-6-10(15)7-3-4-9(14)11-8(7)2-1-5-13-11/h1-5,14H,6H2. The first-order chi connectivity index (χ1) is 7.24. The van der Waals surface area contributed by atoms with Crippen molar-refractivity contribution in [3.05, 3.63) is 36.0 Å². The second-order valence-corrected chi connectivity index (χ2v) is 3.36. The molecule has 0 spiro atoms. The van der Waals surface area contributed by atoms with Gasteiger partial charge in [-0.15, -0.1) is 11.6 Å². The molecule has 2 aromatic rings. The van der Waals surface area contributed by atoms with Crippen molar-refractivity contribution >= 4 is 28.3 Å². The van der Waals surface area contributed by atoms with Crippen LogP contribution in [0, 0.1) is 0 Å². The molecule has 3 nitrogen and oxygen atoms in total. The molecule has 0 amide bonds. The number of rotatable bonds is 2. The molecule has 0 fully saturated rings. The van der Waals surface area contributed by atoms with Gasteiger partial charge in [-0.2, -0.15) is 0 Å². The summed E-state index contributed by atoms with van der Waals surface area (Å²) in [5.41, 5.74) is 0.916. The number of pyridine rings is 1. The lowest BCUT2D eigenvalue weighted by atomic mass is 10.0. The summed E-state index contributed by atoms with van der Waals surface area (Å²) in [5.74, 6) is -0.180. The third-order valence-electron chi connectivity index (χ3n) is 2.17. The number of Topliss-reactive ketones (excluding diaryl/α,β-unsaturated/α-hetero) is 1. The fourth-order valence-electron chi connectivity index (χ4n) is 1.47. The molecule has 1 aromatic heterocycles. The van der Waals surface area contributed by atoms with Crippen LogP contribution in [0.4, 0.5) is 0 Å². The summed E-state index contributed by atoms with van der Waals surface area (Å²) in [4.78, 5) is 15.5. The average molecular weight is 222 g/mol. The van der Waals surface area contributed by atoms with Crippen molar-refractivity contribution in [1.29, 1.82) is 0 Å². The van der Waals surface area contributed by atoms with Gasteiger partial charge in [0.2, 0.25) is 0 Å². The van der Waals surface area contributed by atoms with Gasteiger partial charge >= 0.3 is 0 Å². The maximum absolute atomic E-state index is 11.5. The fourth-order valence-corrected chi connectivity index (χ4v) is 1.62. The normalized spacial score (nSPS) is 10.5. The molecule has 1 heterocycles. The number of benzene rings is 1. The molecular weight excluding hydrogens is 214 g/mol. The van der Waals surface area contributed by atoms with Crippen molar-refractivity contribution in [1.82, 2.24) is 4.98 Å². The van der Waals surface area contributed by atoms with Gasteiger partial charge < -0.3 is 5.11 Å². The van der Waals surface area contributed by atoms with Crippen LogP contribution in [-0.2, 0) is 0 Å². The zero-order valence-electron chi connectivity index (χ0n) is 7.77. The van der Waals surface area contributed by atoms with Gasteiger partial charge in [-0.05, 0) is 18.2 Å². The third-order valence-corrected chi connectivity index (χ3v) is 2.41. The van der Waals surface area contributed by atoms with Gasteiger partial charge in [0.25, 0.3) is 0 Å². The van der Waals surface area contributed by atoms with E-state index < -0.39 is 0 Å². The number of hydrogen-bond acceptors (Lipinski definition) is 3. The van der Waals surface area contributed by atoms with E-state index in [-0.39, 0.29) is 17.4 Å². The van der Waals surface area contributed by atoms with E-state index in [0.29, 0.717) is 16.5 Å². The highest BCUT2D eigenvalue weighted by atomic mass is 35.5. The topological polar surface area (TPSA) is 50.2 Å². The van der Waals surface area contributed by atoms with Gasteiger partial charge in [0.15, 0.2) is 5.78 Å². The Hall–Kier alpha value is -1.61. The van der Waals surface area contributed by atoms with Crippen molar-refractivity contribution < 1.29 is 9.90 Å². The van der Waals surface area contributed by atoms with Gasteiger partial charge in [-0.25, -0.2) is 0 Å². The Morgan fingerprint density at radius 1 is 1.40 bits per heavy atom. The molecule has 0 unspecified atom stereocenters. The highest BCUT2D eigenvalue weighted by Gasteiger charge is 2.11. The van der Waals surface area contributed by atoms with Gasteiger partial charge in [0.1, 0.15) is 11.3 Å². The molecule has 0 atom stereocenters. The largest absolute Gasteiger partial charge is 0.506 e. The van der Waals surface area contributed by atoms with Gasteiger partial charge in [0, 0.05) is 17.1 Å². The van der Waals surface area contributed by atoms with Crippen LogP contribution in [0.1, 0.15) is 10.4 Å². The summed E-state index contributed by atoms with van der Waals surface area (Å²) < 4.78 is 0. The molecule has 15 heavy (non-hydrogen) atoms. The molecule has 2 rings (SSSR count). The summed E-state index contributed by atoms with van der Waals surface area (Å²) in [5, 5.41) is 10.2. The molecule has 0 aliphatic carbocycles. The zero-order chi connectivity index (χ0) is 10.8. The minimum atomic E-state index is -0.172. The Morgan fingerprint density at radius 3 is 2.93 bits per heavy atom. The number of ketones is 1. The van der Waals surface area contributed by atoms with E-state index in [4.69, 9.17) is 11.6 Å². The van der Waals surface area contributed by atoms with Crippen LogP contribution in [0.15, 0.2) is 30.5 Å². The number of fused-ring (bicyclic) bond motifs is 1. The number of aromatic nitrogens is 1. The predicted octanol–water partition coefficient (Wildman–Crippen LogP) is 2.36. The SMILES string of the molecule is O=C(CCl)c1ccc(O)c2ncccc12. The van der Waals surface area contributed by atoms with E-state index in [1.165, 1.54) is 6.07 Å². The van der Waals surface area contributed by atoms with E-state index in [2.05, 4.69) is 4.98 Å². The minimum absolute atomic E-state index is 0.0664. The Balaban J connectivity index is 2.77. The van der Waals surface area contributed by atoms with Crippen LogP contribution in [0.5, 0.6) is 5.75 Å². The molecule has 0 bridgehead atoms. The third kappa shape index (κ3) is 1.66. The summed E-state index contributed by atoms with van der Waals surface area (Å²) in [6.45, 7) is 0. The lowest BCUT2D eigenvalue weighted by Gasteiger charge is -2.04. The van der Waals surface area contributed by atoms with E-state index >= 15 is 0 Å². The van der Waals surface area contributed by atoms with Crippen molar-refractivity contribution in [3.63, 3.8) is 0 Å². The number of aromatic hydroxyl groups is 1. The molecule has 1 N–H and O–H groups in total. The summed E-state index contributed by atoms with van der Waals surface area (Å²) in [6, 6.07) is 6.47. The maximum atomic E-state index is 11.5. The highest BCUT2D eigenvalue weighted by Crippen LogP contribution is 2.25. The maximum Gasteiger partial charge on any atom is 0.178 e. The first kappa shape index (κ1) is 9.93. The average Bonchev–Trinajstić information content (AvgIpc) is 2.29. The lowest BCUT2D eigenvalue weighted by molar-refractivity contribution is 0.102. The number of nitrogens with zero attached hydrogens (tertiary/aromatic N) is 1. The smallest absolute Gasteiger partial charge is 0.178 e. The second-order valence-electron chi connectivity index (χ2n) is 3.09. The first-order valence-electron chi connectivity index (χ1n) is 4.40. The van der Waals surface area contributed by atoms with E-state index in [9.17, 15) is 9.90 Å². The molecule has 0 aliphatic rings. The number of phenols is 1. The second kappa shape index (κ2) is 3.87. The number of halogens is 1. The molecule has 0 saturated carbocycles. The van der Waals surface area contributed by atoms with Crippen molar-refractivity contribution in [3.8, 4) is 5.75 Å².